The summed E-state index contributed by atoms with van der Waals surface area (Å²) in [5.41, 5.74) is 0.732. The largest absolute Gasteiger partial charge is 0.480 e. The van der Waals surface area contributed by atoms with Crippen LogP contribution in [-0.4, -0.2) is 46.0 Å². The highest BCUT2D eigenvalue weighted by Gasteiger charge is 2.28. The monoisotopic (exact) mass is 612 g/mol. The smallest absolute Gasteiger partial charge is 0.326 e. The Balaban J connectivity index is 1.41. The summed E-state index contributed by atoms with van der Waals surface area (Å²) in [4.78, 5) is 51.7. The van der Waals surface area contributed by atoms with E-state index >= 15 is 0 Å². The first-order chi connectivity index (χ1) is 20.3. The van der Waals surface area contributed by atoms with E-state index in [0.717, 1.165) is 51.4 Å². The molecule has 0 bridgehead atoms. The first-order valence-corrected chi connectivity index (χ1v) is 17.1. The lowest BCUT2D eigenvalue weighted by Gasteiger charge is -2.25. The summed E-state index contributed by atoms with van der Waals surface area (Å²) < 4.78 is 0. The van der Waals surface area contributed by atoms with Crippen LogP contribution in [0.2, 0.25) is 0 Å². The number of amides is 2. The summed E-state index contributed by atoms with van der Waals surface area (Å²) >= 11 is 0. The van der Waals surface area contributed by atoms with Gasteiger partial charge < -0.3 is 20.8 Å². The highest BCUT2D eigenvalue weighted by molar-refractivity contribution is 8.76. The Kier molecular flexibility index (Phi) is 12.2. The zero-order chi connectivity index (χ0) is 29.9. The zero-order valence-corrected chi connectivity index (χ0v) is 25.4. The molecule has 2 fully saturated rings. The average Bonchev–Trinajstić information content (AvgIpc) is 3.00. The summed E-state index contributed by atoms with van der Waals surface area (Å²) in [6.45, 7) is 0. The summed E-state index contributed by atoms with van der Waals surface area (Å²) in [6, 6.07) is 12.1. The molecule has 0 unspecified atom stereocenters. The molecule has 4 rings (SSSR count). The van der Waals surface area contributed by atoms with Crippen molar-refractivity contribution in [1.29, 1.82) is 0 Å². The molecular formula is C32H40N2O6S2. The average molecular weight is 613 g/mol. The highest BCUT2D eigenvalue weighted by Crippen LogP contribution is 2.40. The van der Waals surface area contributed by atoms with Crippen LogP contribution in [0.4, 0.5) is 0 Å². The molecule has 2 aliphatic rings. The molecule has 10 heteroatoms. The number of carboxylic acids is 2. The first kappa shape index (κ1) is 31.9. The third-order valence-electron chi connectivity index (χ3n) is 8.28. The first-order valence-electron chi connectivity index (χ1n) is 14.9. The topological polar surface area (TPSA) is 133 Å². The molecular weight excluding hydrogens is 572 g/mol. The fourth-order valence-electron chi connectivity index (χ4n) is 5.97. The second kappa shape index (κ2) is 16.0. The van der Waals surface area contributed by atoms with Gasteiger partial charge in [-0.2, -0.15) is 0 Å². The van der Waals surface area contributed by atoms with E-state index in [9.17, 15) is 29.4 Å². The van der Waals surface area contributed by atoms with Gasteiger partial charge in [0.2, 0.25) is 0 Å². The molecule has 0 aromatic heterocycles. The molecule has 226 valence electrons. The highest BCUT2D eigenvalue weighted by atomic mass is 33.1. The van der Waals surface area contributed by atoms with Gasteiger partial charge in [0.1, 0.15) is 12.1 Å². The van der Waals surface area contributed by atoms with E-state index in [1.807, 2.05) is 0 Å². The number of carbonyl (C=O) groups is 4. The van der Waals surface area contributed by atoms with Gasteiger partial charge in [-0.3, -0.25) is 9.59 Å². The number of benzene rings is 2. The van der Waals surface area contributed by atoms with Crippen molar-refractivity contribution in [3.63, 3.8) is 0 Å². The SMILES string of the molecule is O=C(N[C@@H](CC1CCCCC1)C(=O)O)c1ccccc1SSc1ccccc1C(=O)N[C@@H](CC1CCCCC1)C(=O)O. The Hall–Kier alpha value is -2.98. The molecule has 0 spiro atoms. The minimum Gasteiger partial charge on any atom is -0.480 e. The van der Waals surface area contributed by atoms with Crippen LogP contribution in [0.15, 0.2) is 58.3 Å². The Morgan fingerprint density at radius 3 is 1.33 bits per heavy atom. The van der Waals surface area contributed by atoms with Crippen molar-refractivity contribution in [2.24, 2.45) is 11.8 Å². The maximum absolute atomic E-state index is 13.2. The minimum atomic E-state index is -1.03. The van der Waals surface area contributed by atoms with Gasteiger partial charge in [-0.05, 0) is 48.9 Å². The van der Waals surface area contributed by atoms with Gasteiger partial charge in [0.15, 0.2) is 0 Å². The normalized spacial score (nSPS) is 17.6. The third-order valence-corrected chi connectivity index (χ3v) is 10.8. The predicted octanol–water partition coefficient (Wildman–Crippen LogP) is 6.79. The van der Waals surface area contributed by atoms with Crippen molar-refractivity contribution in [3.05, 3.63) is 59.7 Å². The Bertz CT molecular complexity index is 1150. The number of hydrogen-bond donors (Lipinski definition) is 4. The number of nitrogens with one attached hydrogen (secondary N) is 2. The number of hydrogen-bond acceptors (Lipinski definition) is 6. The fourth-order valence-corrected chi connectivity index (χ4v) is 8.33. The summed E-state index contributed by atoms with van der Waals surface area (Å²) in [5, 5.41) is 25.1. The van der Waals surface area contributed by atoms with Crippen molar-refractivity contribution in [3.8, 4) is 0 Å². The minimum absolute atomic E-state index is 0.298. The van der Waals surface area contributed by atoms with Gasteiger partial charge in [-0.15, -0.1) is 0 Å². The van der Waals surface area contributed by atoms with Crippen LogP contribution in [0.3, 0.4) is 0 Å². The van der Waals surface area contributed by atoms with Crippen molar-refractivity contribution in [2.45, 2.75) is 98.9 Å². The molecule has 0 heterocycles. The Morgan fingerprint density at radius 1 is 0.619 bits per heavy atom. The molecule has 0 aliphatic heterocycles. The number of carbonyl (C=O) groups excluding carboxylic acids is 2. The Morgan fingerprint density at radius 2 is 0.976 bits per heavy atom. The predicted molar refractivity (Wildman–Crippen MR) is 165 cm³/mol. The molecule has 2 atom stereocenters. The van der Waals surface area contributed by atoms with E-state index < -0.39 is 35.8 Å². The van der Waals surface area contributed by atoms with E-state index in [1.54, 1.807) is 48.5 Å². The van der Waals surface area contributed by atoms with Gasteiger partial charge >= 0.3 is 11.9 Å². The summed E-state index contributed by atoms with van der Waals surface area (Å²) in [5.74, 6) is -2.36. The van der Waals surface area contributed by atoms with Crippen molar-refractivity contribution >= 4 is 45.3 Å². The van der Waals surface area contributed by atoms with Crippen LogP contribution in [0, 0.1) is 11.8 Å². The lowest BCUT2D eigenvalue weighted by molar-refractivity contribution is -0.140. The van der Waals surface area contributed by atoms with Gasteiger partial charge in [-0.1, -0.05) is 110 Å². The molecule has 0 radical (unpaired) electrons. The maximum Gasteiger partial charge on any atom is 0.326 e. The van der Waals surface area contributed by atoms with E-state index in [0.29, 0.717) is 45.6 Å². The molecule has 2 aromatic rings. The van der Waals surface area contributed by atoms with Crippen LogP contribution < -0.4 is 10.6 Å². The van der Waals surface area contributed by atoms with Gasteiger partial charge in [-0.25, -0.2) is 9.59 Å². The molecule has 2 amide bonds. The Labute approximate surface area is 255 Å². The molecule has 2 saturated carbocycles. The maximum atomic E-state index is 13.2. The van der Waals surface area contributed by atoms with E-state index in [4.69, 9.17) is 0 Å². The van der Waals surface area contributed by atoms with Crippen molar-refractivity contribution < 1.29 is 29.4 Å². The molecule has 4 N–H and O–H groups in total. The van der Waals surface area contributed by atoms with Crippen molar-refractivity contribution in [1.82, 2.24) is 10.6 Å². The zero-order valence-electron chi connectivity index (χ0n) is 23.8. The van der Waals surface area contributed by atoms with Gasteiger partial charge in [0.05, 0.1) is 11.1 Å². The number of rotatable bonds is 13. The number of aliphatic carboxylic acids is 2. The molecule has 8 nitrogen and oxygen atoms in total. The van der Waals surface area contributed by atoms with E-state index in [2.05, 4.69) is 10.6 Å². The van der Waals surface area contributed by atoms with Crippen LogP contribution in [0.5, 0.6) is 0 Å². The van der Waals surface area contributed by atoms with Gasteiger partial charge in [0.25, 0.3) is 11.8 Å². The van der Waals surface area contributed by atoms with Crippen LogP contribution >= 0.6 is 21.6 Å². The third kappa shape index (κ3) is 9.26. The van der Waals surface area contributed by atoms with Crippen LogP contribution in [0.1, 0.15) is 97.8 Å². The van der Waals surface area contributed by atoms with E-state index in [-0.39, 0.29) is 0 Å². The lowest BCUT2D eigenvalue weighted by Crippen LogP contribution is -2.42. The summed E-state index contributed by atoms with van der Waals surface area (Å²) in [6.07, 6.45) is 11.5. The lowest BCUT2D eigenvalue weighted by atomic mass is 9.85. The molecule has 42 heavy (non-hydrogen) atoms. The van der Waals surface area contributed by atoms with Crippen LogP contribution in [-0.2, 0) is 9.59 Å². The quantitative estimate of drug-likeness (QED) is 0.182. The second-order valence-electron chi connectivity index (χ2n) is 11.4. The summed E-state index contributed by atoms with van der Waals surface area (Å²) in [7, 11) is 2.59. The van der Waals surface area contributed by atoms with Crippen LogP contribution in [0.25, 0.3) is 0 Å². The number of carboxylic acid groups (broad SMARTS) is 2. The van der Waals surface area contributed by atoms with E-state index in [1.165, 1.54) is 34.4 Å². The van der Waals surface area contributed by atoms with Crippen molar-refractivity contribution in [2.75, 3.05) is 0 Å². The second-order valence-corrected chi connectivity index (χ2v) is 13.6. The van der Waals surface area contributed by atoms with Gasteiger partial charge in [0, 0.05) is 9.79 Å². The molecule has 2 aliphatic carbocycles. The standard InChI is InChI=1S/C32H40N2O6S2/c35-29(33-25(31(37)38)19-21-11-3-1-4-12-21)23-15-7-9-17-27(23)41-42-28-18-10-8-16-24(28)30(36)34-26(32(39)40)20-22-13-5-2-6-14-22/h7-10,15-18,21-22,25-26H,1-6,11-14,19-20H2,(H,33,35)(H,34,36)(H,37,38)(H,39,40)/t25-,26-/m0/s1. The fraction of sp³-hybridized carbons (Fsp3) is 0.500. The molecule has 2 aromatic carbocycles. The molecule has 0 saturated heterocycles.